The van der Waals surface area contributed by atoms with Gasteiger partial charge in [0.2, 0.25) is 5.95 Å². The molecule has 1 aromatic heterocycles. The zero-order chi connectivity index (χ0) is 21.2. The van der Waals surface area contributed by atoms with Crippen LogP contribution in [0.4, 0.5) is 11.9 Å². The summed E-state index contributed by atoms with van der Waals surface area (Å²) in [6.07, 6.45) is 1.74. The molecule has 1 aliphatic heterocycles. The molecule has 1 N–H and O–H groups in total. The summed E-state index contributed by atoms with van der Waals surface area (Å²) in [5.41, 5.74) is 5.09. The van der Waals surface area contributed by atoms with Crippen molar-refractivity contribution in [1.29, 1.82) is 0 Å². The standard InChI is InChI=1S/C21H31N7O2/c1-4-28(5-2)20-23-19(26-22-16-18-8-6-7-17(3)15-18)24-21(25-20)30-14-11-27-9-12-29-13-10-27/h6-8,15-16H,4-5,9-14H2,1-3H3,(H,23,24,25,26)/b22-16+. The van der Waals surface area contributed by atoms with Gasteiger partial charge in [-0.15, -0.1) is 0 Å². The molecule has 1 fully saturated rings. The summed E-state index contributed by atoms with van der Waals surface area (Å²) in [6.45, 7) is 12.5. The molecule has 9 heteroatoms. The third-order valence-corrected chi connectivity index (χ3v) is 4.81. The van der Waals surface area contributed by atoms with Gasteiger partial charge in [-0.2, -0.15) is 20.1 Å². The first-order valence-corrected chi connectivity index (χ1v) is 10.5. The molecule has 1 aromatic carbocycles. The Balaban J connectivity index is 1.67. The van der Waals surface area contributed by atoms with Crippen molar-refractivity contribution in [2.45, 2.75) is 20.8 Å². The molecule has 2 aromatic rings. The summed E-state index contributed by atoms with van der Waals surface area (Å²) in [7, 11) is 0. The second-order valence-electron chi connectivity index (χ2n) is 7.00. The molecule has 0 amide bonds. The summed E-state index contributed by atoms with van der Waals surface area (Å²) >= 11 is 0. The number of morpholine rings is 1. The van der Waals surface area contributed by atoms with Crippen molar-refractivity contribution >= 4 is 18.1 Å². The van der Waals surface area contributed by atoms with Crippen LogP contribution in [0.3, 0.4) is 0 Å². The number of nitrogens with one attached hydrogen (secondary N) is 1. The van der Waals surface area contributed by atoms with Crippen LogP contribution in [0, 0.1) is 6.92 Å². The van der Waals surface area contributed by atoms with Crippen molar-refractivity contribution in [3.05, 3.63) is 35.4 Å². The van der Waals surface area contributed by atoms with Gasteiger partial charge in [-0.3, -0.25) is 4.90 Å². The van der Waals surface area contributed by atoms with E-state index >= 15 is 0 Å². The van der Waals surface area contributed by atoms with Crippen LogP contribution in [-0.2, 0) is 4.74 Å². The number of hydrazone groups is 1. The van der Waals surface area contributed by atoms with Gasteiger partial charge in [-0.1, -0.05) is 29.8 Å². The Morgan fingerprint density at radius 3 is 2.73 bits per heavy atom. The number of hydrogen-bond donors (Lipinski definition) is 1. The maximum absolute atomic E-state index is 5.85. The van der Waals surface area contributed by atoms with E-state index in [0.717, 1.165) is 51.5 Å². The molecule has 0 saturated carbocycles. The fourth-order valence-corrected chi connectivity index (χ4v) is 3.11. The molecule has 162 valence electrons. The first kappa shape index (κ1) is 21.9. The van der Waals surface area contributed by atoms with Gasteiger partial charge in [0.15, 0.2) is 0 Å². The highest BCUT2D eigenvalue weighted by atomic mass is 16.5. The van der Waals surface area contributed by atoms with Crippen LogP contribution in [0.1, 0.15) is 25.0 Å². The average molecular weight is 414 g/mol. The number of benzene rings is 1. The maximum Gasteiger partial charge on any atom is 0.323 e. The first-order valence-electron chi connectivity index (χ1n) is 10.5. The number of aryl methyl sites for hydroxylation is 1. The Kier molecular flexibility index (Phi) is 8.34. The fraction of sp³-hybridized carbons (Fsp3) is 0.524. The van der Waals surface area contributed by atoms with Crippen LogP contribution >= 0.6 is 0 Å². The van der Waals surface area contributed by atoms with Crippen LogP contribution in [0.5, 0.6) is 6.01 Å². The molecule has 0 bridgehead atoms. The van der Waals surface area contributed by atoms with Gasteiger partial charge in [0.05, 0.1) is 19.4 Å². The van der Waals surface area contributed by atoms with Crippen LogP contribution in [0.2, 0.25) is 0 Å². The number of ether oxygens (including phenoxy) is 2. The van der Waals surface area contributed by atoms with E-state index in [-0.39, 0.29) is 0 Å². The average Bonchev–Trinajstić information content (AvgIpc) is 2.75. The number of rotatable bonds is 10. The molecule has 9 nitrogen and oxygen atoms in total. The van der Waals surface area contributed by atoms with Crippen LogP contribution in [0.25, 0.3) is 0 Å². The topological polar surface area (TPSA) is 88.0 Å². The Bertz CT molecular complexity index is 821. The number of anilines is 2. The van der Waals surface area contributed by atoms with Crippen molar-refractivity contribution in [3.8, 4) is 6.01 Å². The molecule has 0 aliphatic carbocycles. The molecule has 1 saturated heterocycles. The molecule has 0 radical (unpaired) electrons. The Hall–Kier alpha value is -2.78. The van der Waals surface area contributed by atoms with E-state index in [9.17, 15) is 0 Å². The summed E-state index contributed by atoms with van der Waals surface area (Å²) < 4.78 is 11.2. The highest BCUT2D eigenvalue weighted by Gasteiger charge is 2.14. The predicted octanol–water partition coefficient (Wildman–Crippen LogP) is 2.18. The lowest BCUT2D eigenvalue weighted by Gasteiger charge is -2.26. The van der Waals surface area contributed by atoms with E-state index in [4.69, 9.17) is 9.47 Å². The monoisotopic (exact) mass is 413 g/mol. The fourth-order valence-electron chi connectivity index (χ4n) is 3.11. The predicted molar refractivity (Wildman–Crippen MR) is 119 cm³/mol. The van der Waals surface area contributed by atoms with E-state index in [1.807, 2.05) is 30.0 Å². The van der Waals surface area contributed by atoms with Gasteiger partial charge in [-0.25, -0.2) is 5.43 Å². The zero-order valence-corrected chi connectivity index (χ0v) is 18.0. The third-order valence-electron chi connectivity index (χ3n) is 4.81. The summed E-state index contributed by atoms with van der Waals surface area (Å²) in [5, 5.41) is 4.28. The van der Waals surface area contributed by atoms with E-state index in [1.54, 1.807) is 6.21 Å². The van der Waals surface area contributed by atoms with E-state index in [2.05, 4.69) is 50.3 Å². The Labute approximate surface area is 178 Å². The molecule has 30 heavy (non-hydrogen) atoms. The first-order chi connectivity index (χ1) is 14.7. The molecule has 3 rings (SSSR count). The lowest BCUT2D eigenvalue weighted by Crippen LogP contribution is -2.38. The second-order valence-corrected chi connectivity index (χ2v) is 7.00. The quantitative estimate of drug-likeness (QED) is 0.468. The van der Waals surface area contributed by atoms with E-state index in [1.165, 1.54) is 5.56 Å². The van der Waals surface area contributed by atoms with Crippen LogP contribution < -0.4 is 15.1 Å². The Morgan fingerprint density at radius 1 is 1.20 bits per heavy atom. The highest BCUT2D eigenvalue weighted by molar-refractivity contribution is 5.80. The molecule has 0 unspecified atom stereocenters. The minimum Gasteiger partial charge on any atom is -0.462 e. The lowest BCUT2D eigenvalue weighted by molar-refractivity contribution is 0.0317. The molecular weight excluding hydrogens is 382 g/mol. The van der Waals surface area contributed by atoms with Crippen LogP contribution in [-0.4, -0.2) is 78.6 Å². The summed E-state index contributed by atoms with van der Waals surface area (Å²) in [4.78, 5) is 17.7. The highest BCUT2D eigenvalue weighted by Crippen LogP contribution is 2.15. The molecule has 2 heterocycles. The van der Waals surface area contributed by atoms with Crippen molar-refractivity contribution in [1.82, 2.24) is 19.9 Å². The largest absolute Gasteiger partial charge is 0.462 e. The minimum atomic E-state index is 0.299. The van der Waals surface area contributed by atoms with Crippen molar-refractivity contribution in [3.63, 3.8) is 0 Å². The number of aromatic nitrogens is 3. The van der Waals surface area contributed by atoms with Gasteiger partial charge in [-0.05, 0) is 26.3 Å². The SMILES string of the molecule is CCN(CC)c1nc(N/N=C/c2cccc(C)c2)nc(OCCN2CCOCC2)n1. The lowest BCUT2D eigenvalue weighted by atomic mass is 10.2. The smallest absolute Gasteiger partial charge is 0.323 e. The Morgan fingerprint density at radius 2 is 2.00 bits per heavy atom. The van der Waals surface area contributed by atoms with Gasteiger partial charge < -0.3 is 14.4 Å². The van der Waals surface area contributed by atoms with Crippen LogP contribution in [0.15, 0.2) is 29.4 Å². The summed E-state index contributed by atoms with van der Waals surface area (Å²) in [5.74, 6) is 0.932. The number of nitrogens with zero attached hydrogens (tertiary/aromatic N) is 6. The molecule has 0 spiro atoms. The van der Waals surface area contributed by atoms with Gasteiger partial charge in [0.25, 0.3) is 5.95 Å². The zero-order valence-electron chi connectivity index (χ0n) is 18.0. The third kappa shape index (κ3) is 6.64. The van der Waals surface area contributed by atoms with Gasteiger partial charge in [0.1, 0.15) is 6.61 Å². The van der Waals surface area contributed by atoms with Gasteiger partial charge >= 0.3 is 6.01 Å². The number of hydrogen-bond acceptors (Lipinski definition) is 9. The minimum absolute atomic E-state index is 0.299. The molecule has 1 aliphatic rings. The second kappa shape index (κ2) is 11.4. The van der Waals surface area contributed by atoms with E-state index in [0.29, 0.717) is 24.5 Å². The van der Waals surface area contributed by atoms with Crippen molar-refractivity contribution in [2.24, 2.45) is 5.10 Å². The molecular formula is C21H31N7O2. The maximum atomic E-state index is 5.85. The van der Waals surface area contributed by atoms with Crippen molar-refractivity contribution < 1.29 is 9.47 Å². The normalized spacial score (nSPS) is 14.8. The summed E-state index contributed by atoms with van der Waals surface area (Å²) in [6, 6.07) is 8.40. The molecule has 0 atom stereocenters. The van der Waals surface area contributed by atoms with Gasteiger partial charge in [0, 0.05) is 32.7 Å². The van der Waals surface area contributed by atoms with Crippen molar-refractivity contribution in [2.75, 3.05) is 62.9 Å². The van der Waals surface area contributed by atoms with E-state index < -0.39 is 0 Å².